The molecule has 1 radical (unpaired) electrons. The Hall–Kier alpha value is -3.00. The molecule has 0 heterocycles. The molecule has 0 aromatic heterocycles. The predicted molar refractivity (Wildman–Crippen MR) is 219 cm³/mol. The summed E-state index contributed by atoms with van der Waals surface area (Å²) in [7, 11) is 1.34. The van der Waals surface area contributed by atoms with Crippen LogP contribution in [0.4, 0.5) is 0 Å². The Morgan fingerprint density at radius 3 is 1.66 bits per heavy atom. The molecule has 6 aromatic carbocycles. The van der Waals surface area contributed by atoms with Gasteiger partial charge in [-0.3, -0.25) is 0 Å². The Morgan fingerprint density at radius 1 is 0.640 bits per heavy atom. The van der Waals surface area contributed by atoms with Gasteiger partial charge in [0.15, 0.2) is 0 Å². The number of rotatable bonds is 4. The average molecular weight is 757 g/mol. The first-order valence-corrected chi connectivity index (χ1v) is 20.3. The molecule has 259 valence electrons. The summed E-state index contributed by atoms with van der Waals surface area (Å²) in [6.45, 7) is 29.5. The summed E-state index contributed by atoms with van der Waals surface area (Å²) in [6, 6.07) is 34.1. The Morgan fingerprint density at radius 2 is 1.18 bits per heavy atom. The maximum Gasteiger partial charge on any atom is 2.00 e. The van der Waals surface area contributed by atoms with E-state index in [4.69, 9.17) is 4.74 Å². The van der Waals surface area contributed by atoms with Crippen molar-refractivity contribution in [2.45, 2.75) is 106 Å². The zero-order valence-corrected chi connectivity index (χ0v) is 36.5. The van der Waals surface area contributed by atoms with Crippen LogP contribution in [0.15, 0.2) is 91.0 Å². The molecule has 0 aliphatic heterocycles. The molecule has 0 atom stereocenters. The Kier molecular flexibility index (Phi) is 11.9. The fourth-order valence-electron chi connectivity index (χ4n) is 7.19. The Balaban J connectivity index is 0.000000222. The Labute approximate surface area is 323 Å². The fourth-order valence-corrected chi connectivity index (χ4v) is 8.80. The minimum Gasteiger partial charge on any atom is -0.498 e. The van der Waals surface area contributed by atoms with Gasteiger partial charge in [-0.15, -0.1) is 62.1 Å². The third kappa shape index (κ3) is 8.21. The van der Waals surface area contributed by atoms with Gasteiger partial charge in [0.25, 0.3) is 0 Å². The van der Waals surface area contributed by atoms with Crippen LogP contribution in [0.2, 0.25) is 13.1 Å². The van der Waals surface area contributed by atoms with Gasteiger partial charge in [0.05, 0.1) is 7.11 Å². The molecule has 6 aromatic rings. The molecule has 0 amide bonds. The summed E-state index contributed by atoms with van der Waals surface area (Å²) in [6.07, 6.45) is 0. The van der Waals surface area contributed by atoms with Crippen LogP contribution in [-0.2, 0) is 42.4 Å². The SMILES string of the molecule is COc1c(C(C)(C)C)cc2[cH-]c(C)cc2c1-c1ccc(C(C)(C)C)cc1.Cc1cc2c(-c3ccc(C(C)(C)C)cc3)cccc2[c-]1[Si](C)C.[Zr+2]. The normalized spacial score (nSPS) is 12.2. The van der Waals surface area contributed by atoms with Crippen LogP contribution in [0, 0.1) is 13.8 Å². The van der Waals surface area contributed by atoms with Crippen molar-refractivity contribution in [2.24, 2.45) is 0 Å². The van der Waals surface area contributed by atoms with Crippen molar-refractivity contribution >= 4 is 35.5 Å². The first-order chi connectivity index (χ1) is 22.8. The summed E-state index contributed by atoms with van der Waals surface area (Å²) in [5.74, 6) is 0.999. The van der Waals surface area contributed by atoms with E-state index in [0.29, 0.717) is 0 Å². The van der Waals surface area contributed by atoms with Crippen molar-refractivity contribution in [3.05, 3.63) is 119 Å². The molecule has 0 N–H and O–H groups in total. The van der Waals surface area contributed by atoms with Crippen LogP contribution >= 0.6 is 0 Å². The summed E-state index contributed by atoms with van der Waals surface area (Å²) < 4.78 is 5.97. The van der Waals surface area contributed by atoms with E-state index >= 15 is 0 Å². The first-order valence-electron chi connectivity index (χ1n) is 17.8. The van der Waals surface area contributed by atoms with E-state index in [2.05, 4.69) is 180 Å². The molecular formula is C47H57OSiZr. The van der Waals surface area contributed by atoms with Gasteiger partial charge in [0.1, 0.15) is 5.75 Å². The molecule has 0 saturated carbocycles. The van der Waals surface area contributed by atoms with Crippen molar-refractivity contribution in [1.29, 1.82) is 0 Å². The van der Waals surface area contributed by atoms with Gasteiger partial charge < -0.3 is 4.74 Å². The second kappa shape index (κ2) is 14.9. The molecule has 0 fully saturated rings. The van der Waals surface area contributed by atoms with Gasteiger partial charge in [-0.25, -0.2) is 0 Å². The number of hydrogen-bond donors (Lipinski definition) is 0. The smallest absolute Gasteiger partial charge is 0.498 e. The standard InChI is InChI=1S/C25H31O.C22H26Si.Zr/c1-16-13-18-15-21(25(5,6)7)23(26-8)22(20(18)14-16)17-9-11-19(12-10-17)24(2,3)4;1-15-14-20-18(8-7-9-19(20)21(15)23(5)6)16-10-12-17(13-11-16)22(2,3)4;/h9-15H,1-8H3;7-14H,1-6H3;/q2*-1;+2. The van der Waals surface area contributed by atoms with Gasteiger partial charge in [0, 0.05) is 8.80 Å². The van der Waals surface area contributed by atoms with Gasteiger partial charge in [-0.1, -0.05) is 149 Å². The number of fused-ring (bicyclic) bond motifs is 2. The maximum absolute atomic E-state index is 5.97. The van der Waals surface area contributed by atoms with Crippen LogP contribution in [-0.4, -0.2) is 15.9 Å². The fraction of sp³-hybridized carbons (Fsp3) is 0.362. The number of methoxy groups -OCH3 is 1. The molecule has 0 bridgehead atoms. The molecule has 50 heavy (non-hydrogen) atoms. The van der Waals surface area contributed by atoms with Crippen LogP contribution < -0.4 is 9.92 Å². The van der Waals surface area contributed by atoms with E-state index in [-0.39, 0.29) is 42.4 Å². The zero-order chi connectivity index (χ0) is 36.1. The monoisotopic (exact) mass is 755 g/mol. The zero-order valence-electron chi connectivity index (χ0n) is 33.1. The summed E-state index contributed by atoms with van der Waals surface area (Å²) in [5.41, 5.74) is 12.2. The summed E-state index contributed by atoms with van der Waals surface area (Å²) in [5, 5.41) is 7.03. The van der Waals surface area contributed by atoms with Crippen LogP contribution in [0.3, 0.4) is 0 Å². The van der Waals surface area contributed by atoms with E-state index < -0.39 is 8.80 Å². The van der Waals surface area contributed by atoms with Crippen LogP contribution in [0.5, 0.6) is 5.75 Å². The molecule has 3 heteroatoms. The molecule has 0 aliphatic rings. The molecule has 0 aliphatic carbocycles. The molecule has 0 unspecified atom stereocenters. The third-order valence-electron chi connectivity index (χ3n) is 9.85. The van der Waals surface area contributed by atoms with E-state index in [9.17, 15) is 0 Å². The molecular weight excluding hydrogens is 700 g/mol. The van der Waals surface area contributed by atoms with Crippen molar-refractivity contribution in [2.75, 3.05) is 7.11 Å². The topological polar surface area (TPSA) is 9.23 Å². The third-order valence-corrected chi connectivity index (χ3v) is 11.5. The largest absolute Gasteiger partial charge is 2.00 e. The van der Waals surface area contributed by atoms with E-state index in [1.54, 1.807) is 12.3 Å². The molecule has 1 nitrogen and oxygen atoms in total. The van der Waals surface area contributed by atoms with Crippen molar-refractivity contribution < 1.29 is 30.9 Å². The second-order valence-electron chi connectivity index (χ2n) is 17.2. The number of benzene rings is 4. The van der Waals surface area contributed by atoms with E-state index in [0.717, 1.165) is 5.75 Å². The molecule has 6 rings (SSSR count). The van der Waals surface area contributed by atoms with Crippen molar-refractivity contribution in [1.82, 2.24) is 0 Å². The number of hydrogen-bond acceptors (Lipinski definition) is 1. The predicted octanol–water partition coefficient (Wildman–Crippen LogP) is 12.9. The van der Waals surface area contributed by atoms with Gasteiger partial charge in [-0.2, -0.15) is 12.1 Å². The van der Waals surface area contributed by atoms with Crippen LogP contribution in [0.1, 0.15) is 90.1 Å². The van der Waals surface area contributed by atoms with Gasteiger partial charge in [0.2, 0.25) is 0 Å². The quantitative estimate of drug-likeness (QED) is 0.129. The minimum absolute atomic E-state index is 0. The van der Waals surface area contributed by atoms with E-state index in [1.165, 1.54) is 71.6 Å². The molecule has 0 spiro atoms. The van der Waals surface area contributed by atoms with Gasteiger partial charge >= 0.3 is 26.2 Å². The van der Waals surface area contributed by atoms with Gasteiger partial charge in [-0.05, 0) is 49.6 Å². The average Bonchev–Trinajstić information content (AvgIpc) is 3.57. The summed E-state index contributed by atoms with van der Waals surface area (Å²) >= 11 is 0. The van der Waals surface area contributed by atoms with E-state index in [1.807, 2.05) is 0 Å². The second-order valence-corrected chi connectivity index (χ2v) is 19.7. The summed E-state index contributed by atoms with van der Waals surface area (Å²) in [4.78, 5) is 0. The molecule has 0 saturated heterocycles. The van der Waals surface area contributed by atoms with Crippen LogP contribution in [0.25, 0.3) is 43.8 Å². The van der Waals surface area contributed by atoms with Crippen molar-refractivity contribution in [3.8, 4) is 28.0 Å². The minimum atomic E-state index is -0.448. The maximum atomic E-state index is 5.97. The number of ether oxygens (including phenoxy) is 1. The Bertz CT molecular complexity index is 2070. The first kappa shape index (κ1) is 39.8. The number of aryl methyl sites for hydroxylation is 2. The van der Waals surface area contributed by atoms with Crippen molar-refractivity contribution in [3.63, 3.8) is 0 Å².